The van der Waals surface area contributed by atoms with Gasteiger partial charge in [-0.2, -0.15) is 20.1 Å². The molecule has 7 nitrogen and oxygen atoms in total. The molecule has 2 fully saturated rings. The number of nitrogens with one attached hydrogen (secondary N) is 1. The van der Waals surface area contributed by atoms with Gasteiger partial charge >= 0.3 is 0 Å². The first-order chi connectivity index (χ1) is 12.8. The molecule has 0 amide bonds. The predicted octanol–water partition coefficient (Wildman–Crippen LogP) is 2.83. The molecule has 0 atom stereocenters. The molecule has 0 radical (unpaired) electrons. The second-order valence-corrected chi connectivity index (χ2v) is 6.93. The van der Waals surface area contributed by atoms with Gasteiger partial charge in [-0.05, 0) is 38.2 Å². The van der Waals surface area contributed by atoms with Crippen LogP contribution in [0.1, 0.15) is 36.8 Å². The summed E-state index contributed by atoms with van der Waals surface area (Å²) in [6, 6.07) is 8.22. The molecular weight excluding hydrogens is 326 g/mol. The molecule has 0 saturated carbocycles. The lowest BCUT2D eigenvalue weighted by Gasteiger charge is -2.20. The van der Waals surface area contributed by atoms with Crippen molar-refractivity contribution in [3.63, 3.8) is 0 Å². The van der Waals surface area contributed by atoms with Crippen LogP contribution in [-0.2, 0) is 0 Å². The van der Waals surface area contributed by atoms with E-state index in [-0.39, 0.29) is 0 Å². The molecule has 2 aromatic rings. The highest BCUT2D eigenvalue weighted by atomic mass is 15.4. The highest BCUT2D eigenvalue weighted by Crippen LogP contribution is 2.22. The van der Waals surface area contributed by atoms with Crippen LogP contribution in [0.4, 0.5) is 17.8 Å². The van der Waals surface area contributed by atoms with Gasteiger partial charge in [0.25, 0.3) is 0 Å². The largest absolute Gasteiger partial charge is 0.341 e. The van der Waals surface area contributed by atoms with E-state index in [9.17, 15) is 0 Å². The van der Waals surface area contributed by atoms with E-state index in [0.717, 1.165) is 43.6 Å². The van der Waals surface area contributed by atoms with Crippen molar-refractivity contribution >= 4 is 24.1 Å². The Morgan fingerprint density at radius 1 is 0.846 bits per heavy atom. The highest BCUT2D eigenvalue weighted by Gasteiger charge is 2.21. The lowest BCUT2D eigenvalue weighted by molar-refractivity contribution is 0.838. The number of hydrazone groups is 1. The maximum atomic E-state index is 4.71. The molecule has 0 unspecified atom stereocenters. The van der Waals surface area contributed by atoms with Gasteiger partial charge in [0.15, 0.2) is 0 Å². The summed E-state index contributed by atoms with van der Waals surface area (Å²) in [6.07, 6.45) is 6.56. The highest BCUT2D eigenvalue weighted by molar-refractivity contribution is 5.80. The first kappa shape index (κ1) is 16.8. The number of rotatable bonds is 5. The molecule has 2 aliphatic rings. The Labute approximate surface area is 154 Å². The zero-order valence-electron chi connectivity index (χ0n) is 15.2. The summed E-state index contributed by atoms with van der Waals surface area (Å²) >= 11 is 0. The molecule has 7 heteroatoms. The molecule has 2 saturated heterocycles. The zero-order chi connectivity index (χ0) is 17.8. The first-order valence-electron chi connectivity index (χ1n) is 9.40. The third kappa shape index (κ3) is 3.92. The lowest BCUT2D eigenvalue weighted by atomic mass is 10.2. The Morgan fingerprint density at radius 2 is 1.38 bits per heavy atom. The number of aromatic nitrogens is 3. The Kier molecular flexibility index (Phi) is 4.95. The molecule has 0 bridgehead atoms. The number of benzene rings is 1. The second kappa shape index (κ2) is 7.68. The summed E-state index contributed by atoms with van der Waals surface area (Å²) < 4.78 is 0. The van der Waals surface area contributed by atoms with Gasteiger partial charge in [0, 0.05) is 26.2 Å². The molecule has 26 heavy (non-hydrogen) atoms. The van der Waals surface area contributed by atoms with E-state index in [1.807, 2.05) is 12.1 Å². The summed E-state index contributed by atoms with van der Waals surface area (Å²) in [6.45, 7) is 6.11. The normalized spacial score (nSPS) is 17.4. The van der Waals surface area contributed by atoms with Crippen LogP contribution in [0.5, 0.6) is 0 Å². The minimum Gasteiger partial charge on any atom is -0.341 e. The Bertz CT molecular complexity index is 726. The smallest absolute Gasteiger partial charge is 0.250 e. The molecule has 0 aliphatic carbocycles. The van der Waals surface area contributed by atoms with Crippen LogP contribution in [0.3, 0.4) is 0 Å². The van der Waals surface area contributed by atoms with E-state index >= 15 is 0 Å². The van der Waals surface area contributed by atoms with Gasteiger partial charge in [-0.1, -0.05) is 29.8 Å². The standard InChI is InChI=1S/C19H25N7/c1-15-6-8-16(9-7-15)14-20-24-17-21-18(25-10-2-3-11-25)23-19(22-17)26-12-4-5-13-26/h6-9,14H,2-5,10-13H2,1H3,(H,21,22,23,24)/b20-14+. The van der Waals surface area contributed by atoms with E-state index in [1.54, 1.807) is 6.21 Å². The van der Waals surface area contributed by atoms with Crippen LogP contribution in [0.25, 0.3) is 0 Å². The number of hydrogen-bond donors (Lipinski definition) is 1. The van der Waals surface area contributed by atoms with Crippen LogP contribution < -0.4 is 15.2 Å². The van der Waals surface area contributed by atoms with E-state index in [2.05, 4.69) is 49.4 Å². The summed E-state index contributed by atoms with van der Waals surface area (Å²) in [5.41, 5.74) is 5.26. The van der Waals surface area contributed by atoms with Gasteiger partial charge in [-0.25, -0.2) is 5.43 Å². The molecule has 1 N–H and O–H groups in total. The van der Waals surface area contributed by atoms with Crippen molar-refractivity contribution in [1.29, 1.82) is 0 Å². The average molecular weight is 351 g/mol. The summed E-state index contributed by atoms with van der Waals surface area (Å²) in [4.78, 5) is 18.3. The van der Waals surface area contributed by atoms with Gasteiger partial charge in [-0.15, -0.1) is 0 Å². The fourth-order valence-corrected chi connectivity index (χ4v) is 3.34. The summed E-state index contributed by atoms with van der Waals surface area (Å²) in [5.74, 6) is 2.02. The molecule has 136 valence electrons. The van der Waals surface area contributed by atoms with Gasteiger partial charge in [0.1, 0.15) is 0 Å². The minimum absolute atomic E-state index is 0.507. The van der Waals surface area contributed by atoms with E-state index in [4.69, 9.17) is 4.98 Å². The molecule has 0 spiro atoms. The lowest BCUT2D eigenvalue weighted by Crippen LogP contribution is -2.25. The van der Waals surface area contributed by atoms with E-state index < -0.39 is 0 Å². The Balaban J connectivity index is 1.54. The van der Waals surface area contributed by atoms with Gasteiger partial charge in [0.05, 0.1) is 6.21 Å². The van der Waals surface area contributed by atoms with Crippen molar-refractivity contribution < 1.29 is 0 Å². The average Bonchev–Trinajstić information content (AvgIpc) is 3.37. The molecule has 1 aromatic heterocycles. The molecule has 3 heterocycles. The summed E-state index contributed by atoms with van der Waals surface area (Å²) in [5, 5.41) is 4.31. The van der Waals surface area contributed by atoms with E-state index in [0.29, 0.717) is 5.95 Å². The Morgan fingerprint density at radius 3 is 1.92 bits per heavy atom. The third-order valence-electron chi connectivity index (χ3n) is 4.85. The SMILES string of the molecule is Cc1ccc(/C=N/Nc2nc(N3CCCC3)nc(N3CCCC3)n2)cc1. The van der Waals surface area contributed by atoms with Crippen molar-refractivity contribution in [2.24, 2.45) is 5.10 Å². The molecular formula is C19H25N7. The molecule has 4 rings (SSSR count). The maximum Gasteiger partial charge on any atom is 0.250 e. The minimum atomic E-state index is 0.507. The first-order valence-corrected chi connectivity index (χ1v) is 9.40. The second-order valence-electron chi connectivity index (χ2n) is 6.93. The number of hydrogen-bond acceptors (Lipinski definition) is 7. The summed E-state index contributed by atoms with van der Waals surface area (Å²) in [7, 11) is 0. The predicted molar refractivity (Wildman–Crippen MR) is 105 cm³/mol. The van der Waals surface area contributed by atoms with Gasteiger partial charge in [-0.3, -0.25) is 0 Å². The van der Waals surface area contributed by atoms with Crippen LogP contribution in [0.15, 0.2) is 29.4 Å². The van der Waals surface area contributed by atoms with Crippen LogP contribution in [0.2, 0.25) is 0 Å². The van der Waals surface area contributed by atoms with Crippen LogP contribution in [0, 0.1) is 6.92 Å². The molecule has 1 aromatic carbocycles. The fraction of sp³-hybridized carbons (Fsp3) is 0.474. The fourth-order valence-electron chi connectivity index (χ4n) is 3.34. The maximum absolute atomic E-state index is 4.71. The van der Waals surface area contributed by atoms with Crippen molar-refractivity contribution in [2.75, 3.05) is 41.4 Å². The van der Waals surface area contributed by atoms with E-state index in [1.165, 1.54) is 31.2 Å². The van der Waals surface area contributed by atoms with Crippen LogP contribution in [-0.4, -0.2) is 47.3 Å². The topological polar surface area (TPSA) is 69.5 Å². The molecule has 2 aliphatic heterocycles. The van der Waals surface area contributed by atoms with Crippen molar-refractivity contribution in [1.82, 2.24) is 15.0 Å². The van der Waals surface area contributed by atoms with Crippen molar-refractivity contribution in [3.05, 3.63) is 35.4 Å². The van der Waals surface area contributed by atoms with Gasteiger partial charge in [0.2, 0.25) is 17.8 Å². The Hall–Kier alpha value is -2.70. The van der Waals surface area contributed by atoms with Crippen molar-refractivity contribution in [2.45, 2.75) is 32.6 Å². The monoisotopic (exact) mass is 351 g/mol. The van der Waals surface area contributed by atoms with Crippen LogP contribution >= 0.6 is 0 Å². The van der Waals surface area contributed by atoms with Crippen molar-refractivity contribution in [3.8, 4) is 0 Å². The zero-order valence-corrected chi connectivity index (χ0v) is 15.2. The number of aryl methyl sites for hydroxylation is 1. The quantitative estimate of drug-likeness (QED) is 0.660. The number of anilines is 3. The van der Waals surface area contributed by atoms with Gasteiger partial charge < -0.3 is 9.80 Å². The number of nitrogens with zero attached hydrogens (tertiary/aromatic N) is 6. The third-order valence-corrected chi connectivity index (χ3v) is 4.85.